The normalized spacial score (nSPS) is 13.8. The summed E-state index contributed by atoms with van der Waals surface area (Å²) in [6.45, 7) is 4.71. The summed E-state index contributed by atoms with van der Waals surface area (Å²) >= 11 is 0. The van der Waals surface area contributed by atoms with E-state index in [0.29, 0.717) is 0 Å². The number of nitrogens with zero attached hydrogens (tertiary/aromatic N) is 2. The predicted octanol–water partition coefficient (Wildman–Crippen LogP) is 12.1. The zero-order valence-corrected chi connectivity index (χ0v) is 26.7. The fraction of sp³-hybridized carbons (Fsp3) is 0.0667. The molecule has 0 spiro atoms. The van der Waals surface area contributed by atoms with Crippen LogP contribution in [0.3, 0.4) is 0 Å². The van der Waals surface area contributed by atoms with Crippen LogP contribution in [0.5, 0.6) is 0 Å². The van der Waals surface area contributed by atoms with E-state index in [1.54, 1.807) is 0 Å². The summed E-state index contributed by atoms with van der Waals surface area (Å²) in [6, 6.07) is 53.1. The highest BCUT2D eigenvalue weighted by Crippen LogP contribution is 2.52. The number of hydrogen-bond acceptors (Lipinski definition) is 1. The average Bonchev–Trinajstić information content (AvgIpc) is 3.83. The molecule has 0 saturated heterocycles. The molecule has 0 bridgehead atoms. The Morgan fingerprint density at radius 3 is 2.02 bits per heavy atom. The summed E-state index contributed by atoms with van der Waals surface area (Å²) in [5.74, 6) is 0. The van der Waals surface area contributed by atoms with E-state index in [9.17, 15) is 0 Å². The van der Waals surface area contributed by atoms with Crippen LogP contribution in [0.1, 0.15) is 25.0 Å². The van der Waals surface area contributed by atoms with E-state index in [1.807, 2.05) is 12.1 Å². The van der Waals surface area contributed by atoms with Gasteiger partial charge in [-0.05, 0) is 59.2 Å². The first-order valence-electron chi connectivity index (χ1n) is 16.7. The number of furan rings is 1. The highest BCUT2D eigenvalue weighted by atomic mass is 16.3. The smallest absolute Gasteiger partial charge is 0.137 e. The van der Waals surface area contributed by atoms with Crippen LogP contribution in [0, 0.1) is 0 Å². The molecule has 3 aromatic heterocycles. The Kier molecular flexibility index (Phi) is 4.91. The van der Waals surface area contributed by atoms with Crippen molar-refractivity contribution in [3.05, 3.63) is 157 Å². The highest BCUT2D eigenvalue weighted by Gasteiger charge is 2.37. The number of hydrogen-bond donors (Lipinski definition) is 0. The van der Waals surface area contributed by atoms with Gasteiger partial charge >= 0.3 is 0 Å². The zero-order valence-electron chi connectivity index (χ0n) is 26.7. The largest absolute Gasteiger partial charge is 0.456 e. The molecule has 0 aliphatic heterocycles. The number of para-hydroxylation sites is 3. The number of benzene rings is 7. The van der Waals surface area contributed by atoms with Crippen molar-refractivity contribution in [3.63, 3.8) is 0 Å². The van der Waals surface area contributed by atoms with Gasteiger partial charge in [0, 0.05) is 55.0 Å². The van der Waals surface area contributed by atoms with Crippen molar-refractivity contribution >= 4 is 65.6 Å². The summed E-state index contributed by atoms with van der Waals surface area (Å²) in [6.07, 6.45) is 0. The topological polar surface area (TPSA) is 23.0 Å². The molecule has 226 valence electrons. The molecule has 0 fully saturated rings. The van der Waals surface area contributed by atoms with Gasteiger partial charge in [0.1, 0.15) is 11.2 Å². The first-order valence-corrected chi connectivity index (χ1v) is 16.7. The molecule has 0 radical (unpaired) electrons. The van der Waals surface area contributed by atoms with Crippen LogP contribution in [-0.4, -0.2) is 9.13 Å². The minimum absolute atomic E-state index is 0.0737. The standard InChI is InChI=1S/C45H30N2O/c1-45(2)34-16-7-3-14-32(34)42-35(45)17-11-20-38(42)47-37-19-9-5-15-33(37)43-39(47)25-24-31-28-12-4-8-18-36(28)46(44(31)43)27-22-23-30-29-13-6-10-21-40(29)48-41(30)26-27/h3-26H,1-2H3. The molecule has 7 aromatic carbocycles. The second-order valence-electron chi connectivity index (χ2n) is 13.7. The lowest BCUT2D eigenvalue weighted by Crippen LogP contribution is -2.14. The molecule has 0 N–H and O–H groups in total. The average molecular weight is 615 g/mol. The molecule has 3 nitrogen and oxygen atoms in total. The number of rotatable bonds is 2. The minimum atomic E-state index is -0.0737. The lowest BCUT2D eigenvalue weighted by atomic mass is 9.82. The molecule has 1 aliphatic rings. The van der Waals surface area contributed by atoms with Crippen LogP contribution in [0.25, 0.3) is 88.1 Å². The molecule has 0 amide bonds. The van der Waals surface area contributed by atoms with E-state index in [4.69, 9.17) is 4.42 Å². The lowest BCUT2D eigenvalue weighted by molar-refractivity contribution is 0.660. The monoisotopic (exact) mass is 614 g/mol. The van der Waals surface area contributed by atoms with Crippen LogP contribution in [0.15, 0.2) is 150 Å². The Morgan fingerprint density at radius 1 is 0.479 bits per heavy atom. The summed E-state index contributed by atoms with van der Waals surface area (Å²) in [7, 11) is 0. The van der Waals surface area contributed by atoms with Gasteiger partial charge in [0.15, 0.2) is 0 Å². The van der Waals surface area contributed by atoms with Gasteiger partial charge in [-0.15, -0.1) is 0 Å². The molecular weight excluding hydrogens is 585 g/mol. The highest BCUT2D eigenvalue weighted by molar-refractivity contribution is 6.26. The van der Waals surface area contributed by atoms with Crippen molar-refractivity contribution in [1.29, 1.82) is 0 Å². The maximum Gasteiger partial charge on any atom is 0.137 e. The summed E-state index contributed by atoms with van der Waals surface area (Å²) in [5, 5.41) is 7.27. The molecular formula is C45H30N2O. The first-order chi connectivity index (χ1) is 23.6. The van der Waals surface area contributed by atoms with Gasteiger partial charge in [0.05, 0.1) is 27.8 Å². The van der Waals surface area contributed by atoms with Gasteiger partial charge in [0.25, 0.3) is 0 Å². The summed E-state index contributed by atoms with van der Waals surface area (Å²) < 4.78 is 11.4. The van der Waals surface area contributed by atoms with Crippen LogP contribution in [-0.2, 0) is 5.41 Å². The Labute approximate surface area is 276 Å². The van der Waals surface area contributed by atoms with Crippen molar-refractivity contribution in [2.75, 3.05) is 0 Å². The van der Waals surface area contributed by atoms with Crippen molar-refractivity contribution < 1.29 is 4.42 Å². The van der Waals surface area contributed by atoms with Gasteiger partial charge in [-0.2, -0.15) is 0 Å². The van der Waals surface area contributed by atoms with Crippen LogP contribution in [0.2, 0.25) is 0 Å². The predicted molar refractivity (Wildman–Crippen MR) is 200 cm³/mol. The maximum absolute atomic E-state index is 6.41. The Hall–Kier alpha value is -6.06. The fourth-order valence-corrected chi connectivity index (χ4v) is 8.81. The van der Waals surface area contributed by atoms with Gasteiger partial charge in [-0.3, -0.25) is 0 Å². The number of aromatic nitrogens is 2. The molecule has 0 saturated carbocycles. The van der Waals surface area contributed by atoms with Crippen LogP contribution < -0.4 is 0 Å². The third kappa shape index (κ3) is 3.18. The molecule has 10 aromatic rings. The summed E-state index contributed by atoms with van der Waals surface area (Å²) in [4.78, 5) is 0. The Bertz CT molecular complexity index is 2980. The van der Waals surface area contributed by atoms with Crippen molar-refractivity contribution in [1.82, 2.24) is 9.13 Å². The second kappa shape index (κ2) is 9.05. The molecule has 48 heavy (non-hydrogen) atoms. The molecule has 0 atom stereocenters. The minimum Gasteiger partial charge on any atom is -0.456 e. The van der Waals surface area contributed by atoms with Gasteiger partial charge in [-0.1, -0.05) is 111 Å². The SMILES string of the molecule is CC1(C)c2ccccc2-c2c(-n3c4ccccc4c4c3ccc3c5ccccc5n(-c5ccc6c(c5)oc5ccccc56)c34)cccc21. The molecule has 11 rings (SSSR count). The Balaban J connectivity index is 1.29. The molecule has 0 unspecified atom stereocenters. The number of fused-ring (bicyclic) bond motifs is 13. The summed E-state index contributed by atoms with van der Waals surface area (Å²) in [5.41, 5.74) is 14.3. The third-order valence-electron chi connectivity index (χ3n) is 10.9. The van der Waals surface area contributed by atoms with E-state index in [0.717, 1.165) is 27.6 Å². The second-order valence-corrected chi connectivity index (χ2v) is 13.7. The molecule has 1 aliphatic carbocycles. The maximum atomic E-state index is 6.41. The van der Waals surface area contributed by atoms with E-state index < -0.39 is 0 Å². The van der Waals surface area contributed by atoms with Crippen molar-refractivity contribution in [2.45, 2.75) is 19.3 Å². The van der Waals surface area contributed by atoms with Crippen molar-refractivity contribution in [2.24, 2.45) is 0 Å². The van der Waals surface area contributed by atoms with Gasteiger partial charge in [0.2, 0.25) is 0 Å². The first kappa shape index (κ1) is 26.1. The quantitative estimate of drug-likeness (QED) is 0.190. The van der Waals surface area contributed by atoms with E-state index in [1.165, 1.54) is 71.6 Å². The van der Waals surface area contributed by atoms with E-state index in [-0.39, 0.29) is 5.41 Å². The third-order valence-corrected chi connectivity index (χ3v) is 10.9. The van der Waals surface area contributed by atoms with E-state index in [2.05, 4.69) is 156 Å². The fourth-order valence-electron chi connectivity index (χ4n) is 8.81. The molecule has 3 heteroatoms. The van der Waals surface area contributed by atoms with Gasteiger partial charge in [-0.25, -0.2) is 0 Å². The zero-order chi connectivity index (χ0) is 31.7. The van der Waals surface area contributed by atoms with Crippen molar-refractivity contribution in [3.8, 4) is 22.5 Å². The molecule has 3 heterocycles. The Morgan fingerprint density at radius 2 is 1.15 bits per heavy atom. The lowest BCUT2D eigenvalue weighted by Gasteiger charge is -2.21. The van der Waals surface area contributed by atoms with Crippen LogP contribution >= 0.6 is 0 Å². The van der Waals surface area contributed by atoms with E-state index >= 15 is 0 Å². The van der Waals surface area contributed by atoms with Crippen LogP contribution in [0.4, 0.5) is 0 Å². The van der Waals surface area contributed by atoms with Gasteiger partial charge < -0.3 is 13.6 Å².